The van der Waals surface area contributed by atoms with Gasteiger partial charge in [0.15, 0.2) is 0 Å². The predicted octanol–water partition coefficient (Wildman–Crippen LogP) is 7.80. The Morgan fingerprint density at radius 2 is 1.68 bits per heavy atom. The molecule has 2 heterocycles. The molecule has 1 amide bonds. The Kier molecular flexibility index (Phi) is 7.40. The molecule has 0 atom stereocenters. The summed E-state index contributed by atoms with van der Waals surface area (Å²) in [5.74, 6) is 0.0524. The van der Waals surface area contributed by atoms with E-state index in [1.54, 1.807) is 24.3 Å². The molecule has 40 heavy (non-hydrogen) atoms. The summed E-state index contributed by atoms with van der Waals surface area (Å²) in [4.78, 5) is 12.5. The molecule has 12 heteroatoms. The highest BCUT2D eigenvalue weighted by molar-refractivity contribution is 8.26. The van der Waals surface area contributed by atoms with Crippen LogP contribution in [-0.4, -0.2) is 14.8 Å². The number of nitrogens with one attached hydrogen (secondary N) is 1. The normalized spacial score (nSPS) is 15.2. The molecule has 1 saturated heterocycles. The van der Waals surface area contributed by atoms with Crippen molar-refractivity contribution < 1.29 is 35.9 Å². The fourth-order valence-electron chi connectivity index (χ4n) is 4.28. The minimum Gasteiger partial charge on any atom is -0.489 e. The van der Waals surface area contributed by atoms with Crippen LogP contribution in [0.2, 0.25) is 0 Å². The van der Waals surface area contributed by atoms with E-state index < -0.39 is 35.9 Å². The van der Waals surface area contributed by atoms with E-state index >= 15 is 0 Å². The van der Waals surface area contributed by atoms with E-state index in [0.29, 0.717) is 35.0 Å². The van der Waals surface area contributed by atoms with Crippen LogP contribution in [0.25, 0.3) is 17.0 Å². The molecular formula is C28H18F6N2O2S2. The number of ether oxygens (including phenoxy) is 1. The number of hydrogen-bond acceptors (Lipinski definition) is 4. The maximum Gasteiger partial charge on any atom is 0.416 e. The number of rotatable bonds is 6. The van der Waals surface area contributed by atoms with E-state index in [0.717, 1.165) is 23.4 Å². The average Bonchev–Trinajstić information content (AvgIpc) is 3.39. The number of carbonyl (C=O) groups excluding carboxylic acids is 1. The van der Waals surface area contributed by atoms with Crippen LogP contribution in [0.1, 0.15) is 27.9 Å². The van der Waals surface area contributed by atoms with Crippen molar-refractivity contribution in [1.29, 1.82) is 0 Å². The molecule has 206 valence electrons. The summed E-state index contributed by atoms with van der Waals surface area (Å²) in [5, 5.41) is 3.08. The smallest absolute Gasteiger partial charge is 0.416 e. The Morgan fingerprint density at radius 1 is 0.925 bits per heavy atom. The van der Waals surface area contributed by atoms with Gasteiger partial charge in [0.25, 0.3) is 5.91 Å². The largest absolute Gasteiger partial charge is 0.489 e. The van der Waals surface area contributed by atoms with Gasteiger partial charge < -0.3 is 14.6 Å². The third kappa shape index (κ3) is 6.02. The Labute approximate surface area is 233 Å². The molecule has 5 rings (SSSR count). The molecule has 0 spiro atoms. The zero-order chi connectivity index (χ0) is 28.7. The number of alkyl halides is 6. The van der Waals surface area contributed by atoms with Gasteiger partial charge in [-0.2, -0.15) is 26.3 Å². The van der Waals surface area contributed by atoms with Gasteiger partial charge in [-0.25, -0.2) is 0 Å². The van der Waals surface area contributed by atoms with Crippen LogP contribution >= 0.6 is 24.0 Å². The lowest BCUT2D eigenvalue weighted by Crippen LogP contribution is -2.17. The number of thiocarbonyl (C=S) groups is 1. The topological polar surface area (TPSA) is 43.3 Å². The first-order chi connectivity index (χ1) is 18.9. The van der Waals surface area contributed by atoms with E-state index in [1.807, 2.05) is 30.3 Å². The summed E-state index contributed by atoms with van der Waals surface area (Å²) in [6.45, 7) is -0.116. The number of nitrogens with zero attached hydrogens (tertiary/aromatic N) is 1. The quantitative estimate of drug-likeness (QED) is 0.141. The minimum atomic E-state index is -5.02. The molecule has 3 aromatic carbocycles. The van der Waals surface area contributed by atoms with E-state index in [-0.39, 0.29) is 20.9 Å². The van der Waals surface area contributed by atoms with Crippen molar-refractivity contribution in [3.63, 3.8) is 0 Å². The predicted molar refractivity (Wildman–Crippen MR) is 145 cm³/mol. The van der Waals surface area contributed by atoms with E-state index in [2.05, 4.69) is 5.32 Å². The van der Waals surface area contributed by atoms with Crippen LogP contribution in [-0.2, 0) is 30.3 Å². The van der Waals surface area contributed by atoms with Crippen molar-refractivity contribution in [2.45, 2.75) is 25.5 Å². The van der Waals surface area contributed by atoms with E-state index in [1.165, 1.54) is 10.6 Å². The molecule has 0 bridgehead atoms. The first-order valence-corrected chi connectivity index (χ1v) is 12.9. The van der Waals surface area contributed by atoms with Gasteiger partial charge in [-0.15, -0.1) is 0 Å². The zero-order valence-electron chi connectivity index (χ0n) is 20.3. The van der Waals surface area contributed by atoms with Crippen LogP contribution in [0.3, 0.4) is 0 Å². The number of benzene rings is 3. The van der Waals surface area contributed by atoms with Crippen molar-refractivity contribution in [1.82, 2.24) is 9.88 Å². The second-order valence-electron chi connectivity index (χ2n) is 8.87. The lowest BCUT2D eigenvalue weighted by Gasteiger charge is -2.18. The second-order valence-corrected chi connectivity index (χ2v) is 10.6. The number of halogens is 6. The van der Waals surface area contributed by atoms with Crippen molar-refractivity contribution in [2.75, 3.05) is 0 Å². The standard InChI is InChI=1S/C28H18F6N2O2S2/c29-27(30,31)19-7-6-17(22(12-19)28(32,33)34)14-36-20(13-24-25(37)35-26(39)40-24)10-18-11-21(8-9-23(18)36)38-15-16-4-2-1-3-5-16/h1-13H,14-15H2,(H,35,37,39)/b24-13+. The monoisotopic (exact) mass is 592 g/mol. The second kappa shape index (κ2) is 10.7. The molecule has 1 fully saturated rings. The lowest BCUT2D eigenvalue weighted by molar-refractivity contribution is -0.143. The summed E-state index contributed by atoms with van der Waals surface area (Å²) in [7, 11) is 0. The van der Waals surface area contributed by atoms with Gasteiger partial charge in [-0.1, -0.05) is 60.4 Å². The van der Waals surface area contributed by atoms with Crippen molar-refractivity contribution in [3.05, 3.63) is 106 Å². The SMILES string of the molecule is O=C1NC(=S)S/C1=C/c1cc2cc(OCc3ccccc3)ccc2n1Cc1ccc(C(F)(F)F)cc1C(F)(F)F. The molecule has 1 aliphatic rings. The first-order valence-electron chi connectivity index (χ1n) is 11.7. The average molecular weight is 593 g/mol. The molecule has 0 unspecified atom stereocenters. The number of hydrogen-bond donors (Lipinski definition) is 1. The van der Waals surface area contributed by atoms with Gasteiger partial charge in [0.05, 0.1) is 16.0 Å². The molecule has 0 aliphatic carbocycles. The molecule has 0 radical (unpaired) electrons. The summed E-state index contributed by atoms with van der Waals surface area (Å²) in [5.41, 5.74) is -1.34. The number of fused-ring (bicyclic) bond motifs is 1. The van der Waals surface area contributed by atoms with Gasteiger partial charge >= 0.3 is 12.4 Å². The minimum absolute atomic E-state index is 0.118. The van der Waals surface area contributed by atoms with Crippen LogP contribution < -0.4 is 10.1 Å². The van der Waals surface area contributed by atoms with Crippen LogP contribution in [0, 0.1) is 0 Å². The summed E-state index contributed by atoms with van der Waals surface area (Å²) >= 11 is 6.03. The molecule has 1 aromatic heterocycles. The van der Waals surface area contributed by atoms with E-state index in [4.69, 9.17) is 17.0 Å². The van der Waals surface area contributed by atoms with E-state index in [9.17, 15) is 31.1 Å². The summed E-state index contributed by atoms with van der Waals surface area (Å²) in [6.07, 6.45) is -8.47. The van der Waals surface area contributed by atoms with Gasteiger partial charge in [-0.3, -0.25) is 4.79 Å². The Morgan fingerprint density at radius 3 is 2.33 bits per heavy atom. The first kappa shape index (κ1) is 27.8. The molecule has 4 nitrogen and oxygen atoms in total. The number of thioether (sulfide) groups is 1. The van der Waals surface area contributed by atoms with Gasteiger partial charge in [-0.05, 0) is 53.6 Å². The van der Waals surface area contributed by atoms with Crippen LogP contribution in [0.4, 0.5) is 26.3 Å². The number of aromatic nitrogens is 1. The van der Waals surface area contributed by atoms with Gasteiger partial charge in [0, 0.05) is 23.1 Å². The third-order valence-corrected chi connectivity index (χ3v) is 7.31. The van der Waals surface area contributed by atoms with Gasteiger partial charge in [0.1, 0.15) is 16.7 Å². The lowest BCUT2D eigenvalue weighted by atomic mass is 10.0. The Balaban J connectivity index is 1.58. The van der Waals surface area contributed by atoms with Gasteiger partial charge in [0.2, 0.25) is 0 Å². The summed E-state index contributed by atoms with van der Waals surface area (Å²) in [6, 6.07) is 17.7. The Hall–Kier alpha value is -3.77. The fourth-order valence-corrected chi connectivity index (χ4v) is 5.31. The van der Waals surface area contributed by atoms with Crippen molar-refractivity contribution in [3.8, 4) is 5.75 Å². The highest BCUT2D eigenvalue weighted by Gasteiger charge is 2.38. The maximum absolute atomic E-state index is 13.9. The van der Waals surface area contributed by atoms with Crippen LogP contribution in [0.15, 0.2) is 77.7 Å². The maximum atomic E-state index is 13.9. The fraction of sp³-hybridized carbons (Fsp3) is 0.143. The molecule has 4 aromatic rings. The highest BCUT2D eigenvalue weighted by atomic mass is 32.2. The molecule has 0 saturated carbocycles. The van der Waals surface area contributed by atoms with Crippen LogP contribution in [0.5, 0.6) is 5.75 Å². The number of carbonyl (C=O) groups is 1. The zero-order valence-corrected chi connectivity index (χ0v) is 21.9. The highest BCUT2D eigenvalue weighted by Crippen LogP contribution is 2.39. The number of amides is 1. The van der Waals surface area contributed by atoms with Crippen molar-refractivity contribution in [2.24, 2.45) is 0 Å². The molecule has 1 N–H and O–H groups in total. The molecular weight excluding hydrogens is 574 g/mol. The third-order valence-electron chi connectivity index (χ3n) is 6.15. The molecule has 1 aliphatic heterocycles. The van der Waals surface area contributed by atoms with Crippen molar-refractivity contribution >= 4 is 51.2 Å². The Bertz CT molecular complexity index is 1640. The summed E-state index contributed by atoms with van der Waals surface area (Å²) < 4.78 is 88.9.